The third-order valence-corrected chi connectivity index (χ3v) is 3.20. The number of aliphatic hydroxyl groups excluding tert-OH is 1. The van der Waals surface area contributed by atoms with E-state index in [0.717, 1.165) is 10.8 Å². The topological polar surface area (TPSA) is 119 Å². The van der Waals surface area contributed by atoms with Crippen molar-refractivity contribution in [1.29, 1.82) is 0 Å². The molecule has 2 rings (SSSR count). The number of nitrogens with zero attached hydrogens (tertiary/aromatic N) is 3. The van der Waals surface area contributed by atoms with Gasteiger partial charge in [-0.05, 0) is 6.42 Å². The summed E-state index contributed by atoms with van der Waals surface area (Å²) in [6.45, 7) is 0.111. The van der Waals surface area contributed by atoms with E-state index in [0.29, 0.717) is 5.65 Å². The van der Waals surface area contributed by atoms with Crippen LogP contribution >= 0.6 is 22.6 Å². The van der Waals surface area contributed by atoms with Gasteiger partial charge in [0.1, 0.15) is 6.73 Å². The number of halogens is 1. The molecule has 0 aliphatic rings. The molecule has 2 aromatic rings. The van der Waals surface area contributed by atoms with Crippen molar-refractivity contribution in [3.63, 3.8) is 0 Å². The van der Waals surface area contributed by atoms with Crippen molar-refractivity contribution >= 4 is 39.7 Å². The second-order valence-corrected chi connectivity index (χ2v) is 4.99. The van der Waals surface area contributed by atoms with E-state index in [1.807, 2.05) is 0 Å². The number of nitrogens with one attached hydrogen (secondary N) is 1. The molecule has 0 saturated heterocycles. The molecule has 0 saturated carbocycles. The third-order valence-electron chi connectivity index (χ3n) is 2.58. The summed E-state index contributed by atoms with van der Waals surface area (Å²) in [5.74, 6) is 0.0326. The van der Waals surface area contributed by atoms with Gasteiger partial charge in [0.25, 0.3) is 5.56 Å². The Morgan fingerprint density at radius 3 is 3.11 bits per heavy atom. The van der Waals surface area contributed by atoms with Crippen LogP contribution in [-0.4, -0.2) is 41.8 Å². The number of alkyl halides is 1. The van der Waals surface area contributed by atoms with E-state index in [2.05, 4.69) is 37.5 Å². The Hall–Kier alpha value is -1.20. The number of aromatic amines is 1. The number of hydrogen-bond acceptors (Lipinski definition) is 6. The van der Waals surface area contributed by atoms with Gasteiger partial charge in [0.05, 0.1) is 19.0 Å². The second-order valence-electron chi connectivity index (χ2n) is 3.92. The Morgan fingerprint density at radius 2 is 2.42 bits per heavy atom. The molecule has 0 aromatic carbocycles. The molecule has 0 aliphatic heterocycles. The van der Waals surface area contributed by atoms with Gasteiger partial charge in [-0.2, -0.15) is 4.98 Å². The number of aromatic nitrogens is 4. The van der Waals surface area contributed by atoms with Crippen LogP contribution in [0.3, 0.4) is 0 Å². The van der Waals surface area contributed by atoms with Crippen molar-refractivity contribution in [1.82, 2.24) is 19.5 Å². The van der Waals surface area contributed by atoms with Gasteiger partial charge in [-0.25, -0.2) is 4.98 Å². The highest BCUT2D eigenvalue weighted by molar-refractivity contribution is 14.1. The predicted molar refractivity (Wildman–Crippen MR) is 78.0 cm³/mol. The zero-order chi connectivity index (χ0) is 13.8. The minimum absolute atomic E-state index is 0.0326. The SMILES string of the molecule is Nc1nc2c(ncn2COC(CO)CCI)c(=O)[nH]1. The van der Waals surface area contributed by atoms with Gasteiger partial charge >= 0.3 is 0 Å². The molecule has 19 heavy (non-hydrogen) atoms. The Balaban J connectivity index is 2.19. The molecule has 1 unspecified atom stereocenters. The van der Waals surface area contributed by atoms with Gasteiger partial charge in [0.2, 0.25) is 5.95 Å². The molecule has 2 aromatic heterocycles. The Kier molecular flexibility index (Phi) is 4.71. The molecule has 0 fully saturated rings. The van der Waals surface area contributed by atoms with Crippen LogP contribution in [0.25, 0.3) is 11.2 Å². The highest BCUT2D eigenvalue weighted by Crippen LogP contribution is 2.08. The largest absolute Gasteiger partial charge is 0.394 e. The normalized spacial score (nSPS) is 12.9. The predicted octanol–water partition coefficient (Wildman–Crippen LogP) is -0.138. The summed E-state index contributed by atoms with van der Waals surface area (Å²) < 4.78 is 8.01. The van der Waals surface area contributed by atoms with Gasteiger partial charge in [0, 0.05) is 4.43 Å². The lowest BCUT2D eigenvalue weighted by molar-refractivity contribution is -0.0229. The summed E-state index contributed by atoms with van der Waals surface area (Å²) in [5.41, 5.74) is 5.69. The zero-order valence-electron chi connectivity index (χ0n) is 10.0. The fourth-order valence-electron chi connectivity index (χ4n) is 1.60. The van der Waals surface area contributed by atoms with Crippen molar-refractivity contribution in [3.8, 4) is 0 Å². The lowest BCUT2D eigenvalue weighted by Crippen LogP contribution is -2.20. The molecular formula is C10H14IN5O3. The standard InChI is InChI=1S/C10H14IN5O3/c11-2-1-6(3-17)19-5-16-4-13-7-8(16)14-10(12)15-9(7)18/h4,6,17H,1-3,5H2,(H3,12,14,15,18). The quantitative estimate of drug-likeness (QED) is 0.475. The fraction of sp³-hybridized carbons (Fsp3) is 0.500. The number of rotatable bonds is 6. The van der Waals surface area contributed by atoms with Crippen molar-refractivity contribution in [2.45, 2.75) is 19.3 Å². The highest BCUT2D eigenvalue weighted by Gasteiger charge is 2.11. The van der Waals surface area contributed by atoms with E-state index in [1.165, 1.54) is 6.33 Å². The minimum atomic E-state index is -0.382. The summed E-state index contributed by atoms with van der Waals surface area (Å²) in [6.07, 6.45) is 1.97. The number of ether oxygens (including phenoxy) is 1. The molecule has 1 atom stereocenters. The number of imidazole rings is 1. The minimum Gasteiger partial charge on any atom is -0.394 e. The smallest absolute Gasteiger partial charge is 0.280 e. The maximum absolute atomic E-state index is 11.6. The molecule has 0 radical (unpaired) electrons. The zero-order valence-corrected chi connectivity index (χ0v) is 12.2. The van der Waals surface area contributed by atoms with Crippen molar-refractivity contribution in [3.05, 3.63) is 16.7 Å². The van der Waals surface area contributed by atoms with Crippen LogP contribution in [0.4, 0.5) is 5.95 Å². The number of H-pyrrole nitrogens is 1. The number of nitrogens with two attached hydrogens (primary N) is 1. The van der Waals surface area contributed by atoms with E-state index in [1.54, 1.807) is 4.57 Å². The van der Waals surface area contributed by atoms with Crippen LogP contribution in [0.1, 0.15) is 6.42 Å². The fourth-order valence-corrected chi connectivity index (χ4v) is 2.29. The number of hydrogen-bond donors (Lipinski definition) is 3. The van der Waals surface area contributed by atoms with Gasteiger partial charge in [0.15, 0.2) is 11.2 Å². The lowest BCUT2D eigenvalue weighted by atomic mass is 10.3. The van der Waals surface area contributed by atoms with Crippen LogP contribution < -0.4 is 11.3 Å². The van der Waals surface area contributed by atoms with Gasteiger partial charge in [-0.15, -0.1) is 0 Å². The third kappa shape index (κ3) is 3.22. The van der Waals surface area contributed by atoms with Crippen molar-refractivity contribution in [2.75, 3.05) is 16.8 Å². The number of anilines is 1. The van der Waals surface area contributed by atoms with E-state index in [9.17, 15) is 4.79 Å². The molecule has 8 nitrogen and oxygen atoms in total. The van der Waals surface area contributed by atoms with Crippen LogP contribution in [0.15, 0.2) is 11.1 Å². The van der Waals surface area contributed by atoms with Gasteiger partial charge in [-0.3, -0.25) is 14.3 Å². The molecule has 0 aliphatic carbocycles. The maximum Gasteiger partial charge on any atom is 0.280 e. The molecule has 104 valence electrons. The van der Waals surface area contributed by atoms with E-state index in [4.69, 9.17) is 15.6 Å². The first kappa shape index (κ1) is 14.2. The Morgan fingerprint density at radius 1 is 1.63 bits per heavy atom. The maximum atomic E-state index is 11.6. The summed E-state index contributed by atoms with van der Waals surface area (Å²) in [7, 11) is 0. The van der Waals surface area contributed by atoms with Gasteiger partial charge < -0.3 is 15.6 Å². The molecule has 0 bridgehead atoms. The van der Waals surface area contributed by atoms with Crippen LogP contribution in [0.5, 0.6) is 0 Å². The van der Waals surface area contributed by atoms with Gasteiger partial charge in [-0.1, -0.05) is 22.6 Å². The molecular weight excluding hydrogens is 365 g/mol. The highest BCUT2D eigenvalue weighted by atomic mass is 127. The summed E-state index contributed by atoms with van der Waals surface area (Å²) in [6, 6.07) is 0. The molecule has 0 amide bonds. The molecule has 9 heteroatoms. The monoisotopic (exact) mass is 379 g/mol. The van der Waals surface area contributed by atoms with E-state index < -0.39 is 0 Å². The number of aliphatic hydroxyl groups is 1. The molecule has 4 N–H and O–H groups in total. The number of fused-ring (bicyclic) bond motifs is 1. The van der Waals surface area contributed by atoms with E-state index >= 15 is 0 Å². The first-order chi connectivity index (χ1) is 9.15. The van der Waals surface area contributed by atoms with E-state index in [-0.39, 0.29) is 36.5 Å². The second kappa shape index (κ2) is 6.30. The average molecular weight is 379 g/mol. The summed E-state index contributed by atoms with van der Waals surface area (Å²) >= 11 is 2.22. The van der Waals surface area contributed by atoms with Crippen LogP contribution in [0.2, 0.25) is 0 Å². The molecule has 2 heterocycles. The number of nitrogen functional groups attached to an aromatic ring is 1. The van der Waals surface area contributed by atoms with Crippen molar-refractivity contribution < 1.29 is 9.84 Å². The average Bonchev–Trinajstić information content (AvgIpc) is 2.78. The summed E-state index contributed by atoms with van der Waals surface area (Å²) in [4.78, 5) is 21.9. The first-order valence-electron chi connectivity index (χ1n) is 5.64. The molecule has 0 spiro atoms. The lowest BCUT2D eigenvalue weighted by Gasteiger charge is -2.14. The summed E-state index contributed by atoms with van der Waals surface area (Å²) in [5, 5.41) is 9.14. The van der Waals surface area contributed by atoms with Crippen molar-refractivity contribution in [2.24, 2.45) is 0 Å². The Bertz CT molecular complexity index is 611. The Labute approximate surface area is 122 Å². The first-order valence-corrected chi connectivity index (χ1v) is 7.17. The van der Waals surface area contributed by atoms with Crippen LogP contribution in [0, 0.1) is 0 Å². The van der Waals surface area contributed by atoms with Crippen LogP contribution in [-0.2, 0) is 11.5 Å².